The topological polar surface area (TPSA) is 29.1 Å². The van der Waals surface area contributed by atoms with E-state index in [2.05, 4.69) is 21.2 Å². The van der Waals surface area contributed by atoms with Gasteiger partial charge in [-0.25, -0.2) is 0 Å². The van der Waals surface area contributed by atoms with E-state index in [1.54, 1.807) is 17.5 Å². The second kappa shape index (κ2) is 6.20. The summed E-state index contributed by atoms with van der Waals surface area (Å²) in [6.07, 6.45) is 0. The number of thiophene rings is 1. The van der Waals surface area contributed by atoms with Gasteiger partial charge in [0.2, 0.25) is 0 Å². The quantitative estimate of drug-likeness (QED) is 0.607. The third kappa shape index (κ3) is 3.37. The predicted molar refractivity (Wildman–Crippen MR) is 79.8 cm³/mol. The van der Waals surface area contributed by atoms with Crippen LogP contribution in [0.15, 0.2) is 41.8 Å². The van der Waals surface area contributed by atoms with Gasteiger partial charge in [-0.3, -0.25) is 4.79 Å². The Kier molecular flexibility index (Phi) is 4.78. The van der Waals surface area contributed by atoms with Crippen molar-refractivity contribution in [3.63, 3.8) is 0 Å². The van der Waals surface area contributed by atoms with Crippen molar-refractivity contribution < 1.29 is 13.6 Å². The van der Waals surface area contributed by atoms with E-state index in [9.17, 15) is 13.6 Å². The first-order chi connectivity index (χ1) is 9.41. The molecule has 1 N–H and O–H groups in total. The van der Waals surface area contributed by atoms with Crippen molar-refractivity contribution in [1.82, 2.24) is 5.32 Å². The molecule has 0 bridgehead atoms. The van der Waals surface area contributed by atoms with Crippen molar-refractivity contribution in [1.29, 1.82) is 0 Å². The zero-order valence-corrected chi connectivity index (χ0v) is 13.1. The Hall–Kier alpha value is -0.980. The summed E-state index contributed by atoms with van der Waals surface area (Å²) in [6, 6.07) is 8.47. The summed E-state index contributed by atoms with van der Waals surface area (Å²) in [7, 11) is 0. The Bertz CT molecular complexity index is 589. The van der Waals surface area contributed by atoms with E-state index in [1.807, 2.05) is 0 Å². The van der Waals surface area contributed by atoms with Gasteiger partial charge >= 0.3 is 5.92 Å². The van der Waals surface area contributed by atoms with Gasteiger partial charge in [0.25, 0.3) is 5.91 Å². The van der Waals surface area contributed by atoms with Gasteiger partial charge in [0.05, 0.1) is 4.88 Å². The van der Waals surface area contributed by atoms with Gasteiger partial charge in [0.1, 0.15) is 0 Å². The van der Waals surface area contributed by atoms with Crippen molar-refractivity contribution in [2.24, 2.45) is 0 Å². The fraction of sp³-hybridized carbons (Fsp3) is 0.154. The zero-order chi connectivity index (χ0) is 14.8. The van der Waals surface area contributed by atoms with E-state index in [4.69, 9.17) is 11.6 Å². The molecule has 0 aliphatic rings. The smallest absolute Gasteiger partial charge is 0.302 e. The predicted octanol–water partition coefficient (Wildman–Crippen LogP) is 4.64. The molecule has 0 aliphatic heterocycles. The molecule has 20 heavy (non-hydrogen) atoms. The number of halogens is 4. The lowest BCUT2D eigenvalue weighted by Gasteiger charge is -2.23. The molecule has 2 aromatic rings. The molecule has 0 saturated carbocycles. The van der Waals surface area contributed by atoms with Crippen LogP contribution in [-0.2, 0) is 5.92 Å². The molecule has 1 atom stereocenters. The molecule has 1 amide bonds. The Balaban J connectivity index is 2.12. The molecule has 0 aliphatic carbocycles. The van der Waals surface area contributed by atoms with E-state index in [0.29, 0.717) is 9.90 Å². The van der Waals surface area contributed by atoms with Crippen LogP contribution in [0.2, 0.25) is 5.02 Å². The second-order valence-corrected chi connectivity index (χ2v) is 6.24. The molecular weight excluding hydrogens is 372 g/mol. The molecule has 2 nitrogen and oxygen atoms in total. The third-order valence-corrected chi connectivity index (χ3v) is 4.47. The molecule has 1 aromatic carbocycles. The van der Waals surface area contributed by atoms with Crippen LogP contribution < -0.4 is 5.32 Å². The molecule has 0 saturated heterocycles. The first kappa shape index (κ1) is 15.4. The van der Waals surface area contributed by atoms with Crippen LogP contribution >= 0.6 is 38.9 Å². The van der Waals surface area contributed by atoms with Gasteiger partial charge in [-0.15, -0.1) is 11.3 Å². The fourth-order valence-corrected chi connectivity index (χ4v) is 2.73. The number of nitrogens with one attached hydrogen (secondary N) is 1. The molecule has 1 aromatic heterocycles. The van der Waals surface area contributed by atoms with Gasteiger partial charge in [-0.1, -0.05) is 45.7 Å². The summed E-state index contributed by atoms with van der Waals surface area (Å²) in [4.78, 5) is 10.6. The summed E-state index contributed by atoms with van der Waals surface area (Å²) in [5.74, 6) is -3.80. The summed E-state index contributed by atoms with van der Waals surface area (Å²) < 4.78 is 28.4. The van der Waals surface area contributed by atoms with Crippen molar-refractivity contribution >= 4 is 44.8 Å². The molecule has 7 heteroatoms. The number of alkyl halides is 3. The van der Waals surface area contributed by atoms with Crippen molar-refractivity contribution in [2.45, 2.75) is 10.9 Å². The Morgan fingerprint density at radius 1 is 1.30 bits per heavy atom. The van der Waals surface area contributed by atoms with E-state index >= 15 is 0 Å². The van der Waals surface area contributed by atoms with Crippen molar-refractivity contribution in [3.05, 3.63) is 57.2 Å². The third-order valence-electron chi connectivity index (χ3n) is 2.55. The highest BCUT2D eigenvalue weighted by Gasteiger charge is 2.41. The van der Waals surface area contributed by atoms with Crippen LogP contribution in [0, 0.1) is 0 Å². The van der Waals surface area contributed by atoms with Crippen LogP contribution in [0.1, 0.15) is 15.2 Å². The van der Waals surface area contributed by atoms with E-state index in [0.717, 1.165) is 0 Å². The SMILES string of the molecule is O=C(NC(Br)C(F)(F)c1ccc(Cl)cc1)c1cccs1. The maximum absolute atomic E-state index is 14.2. The summed E-state index contributed by atoms with van der Waals surface area (Å²) in [5, 5.41) is 4.32. The van der Waals surface area contributed by atoms with Gasteiger partial charge in [-0.2, -0.15) is 8.78 Å². The Morgan fingerprint density at radius 3 is 2.50 bits per heavy atom. The molecule has 0 spiro atoms. The molecule has 0 radical (unpaired) electrons. The number of carbonyl (C=O) groups is 1. The standard InChI is InChI=1S/C13H9BrClF2NOS/c14-12(18-11(19)10-2-1-7-20-10)13(16,17)8-3-5-9(15)6-4-8/h1-7,12H,(H,18,19). The number of amides is 1. The van der Waals surface area contributed by atoms with Crippen LogP contribution in [0.4, 0.5) is 8.78 Å². The zero-order valence-electron chi connectivity index (χ0n) is 9.95. The summed E-state index contributed by atoms with van der Waals surface area (Å²) >= 11 is 9.68. The molecule has 1 unspecified atom stereocenters. The van der Waals surface area contributed by atoms with Gasteiger partial charge in [0.15, 0.2) is 4.95 Å². The van der Waals surface area contributed by atoms with Gasteiger partial charge in [-0.05, 0) is 23.6 Å². The highest BCUT2D eigenvalue weighted by molar-refractivity contribution is 9.09. The fourth-order valence-electron chi connectivity index (χ4n) is 1.50. The first-order valence-electron chi connectivity index (χ1n) is 5.53. The summed E-state index contributed by atoms with van der Waals surface area (Å²) in [5.41, 5.74) is -0.227. The lowest BCUT2D eigenvalue weighted by molar-refractivity contribution is -0.0118. The highest BCUT2D eigenvalue weighted by atomic mass is 79.9. The largest absolute Gasteiger partial charge is 0.333 e. The lowest BCUT2D eigenvalue weighted by Crippen LogP contribution is -2.41. The number of carbonyl (C=O) groups excluding carboxylic acids is 1. The highest BCUT2D eigenvalue weighted by Crippen LogP contribution is 2.35. The molecule has 0 fully saturated rings. The van der Waals surface area contributed by atoms with E-state index in [-0.39, 0.29) is 5.56 Å². The molecule has 106 valence electrons. The van der Waals surface area contributed by atoms with Crippen molar-refractivity contribution in [3.8, 4) is 0 Å². The lowest BCUT2D eigenvalue weighted by atomic mass is 10.1. The second-order valence-electron chi connectivity index (χ2n) is 3.94. The normalized spacial score (nSPS) is 13.0. The van der Waals surface area contributed by atoms with E-state index < -0.39 is 16.8 Å². The number of benzene rings is 1. The number of hydrogen-bond acceptors (Lipinski definition) is 2. The van der Waals surface area contributed by atoms with Gasteiger partial charge < -0.3 is 5.32 Å². The van der Waals surface area contributed by atoms with Crippen molar-refractivity contribution in [2.75, 3.05) is 0 Å². The summed E-state index contributed by atoms with van der Waals surface area (Å²) in [6.45, 7) is 0. The van der Waals surface area contributed by atoms with Crippen LogP contribution in [0.5, 0.6) is 0 Å². The Morgan fingerprint density at radius 2 is 1.95 bits per heavy atom. The van der Waals surface area contributed by atoms with Gasteiger partial charge in [0, 0.05) is 10.6 Å². The van der Waals surface area contributed by atoms with E-state index in [1.165, 1.54) is 35.6 Å². The molecular formula is C13H9BrClF2NOS. The number of rotatable bonds is 4. The number of hydrogen-bond donors (Lipinski definition) is 1. The van der Waals surface area contributed by atoms with Crippen LogP contribution in [0.25, 0.3) is 0 Å². The maximum Gasteiger partial charge on any atom is 0.302 e. The monoisotopic (exact) mass is 379 g/mol. The average Bonchev–Trinajstić information content (AvgIpc) is 2.93. The minimum absolute atomic E-state index is 0.227. The average molecular weight is 381 g/mol. The minimum Gasteiger partial charge on any atom is -0.333 e. The first-order valence-corrected chi connectivity index (χ1v) is 7.71. The molecule has 1 heterocycles. The maximum atomic E-state index is 14.2. The molecule has 2 rings (SSSR count). The minimum atomic E-state index is -3.25. The Labute approximate surface area is 131 Å². The van der Waals surface area contributed by atoms with Crippen LogP contribution in [-0.4, -0.2) is 10.9 Å². The van der Waals surface area contributed by atoms with Crippen LogP contribution in [0.3, 0.4) is 0 Å².